The minimum atomic E-state index is -2.98. The fourth-order valence-corrected chi connectivity index (χ4v) is 7.28. The zero-order valence-corrected chi connectivity index (χ0v) is 16.8. The zero-order valence-electron chi connectivity index (χ0n) is 15.2. The van der Waals surface area contributed by atoms with E-state index < -0.39 is 9.84 Å². The van der Waals surface area contributed by atoms with E-state index in [-0.39, 0.29) is 29.5 Å². The Bertz CT molecular complexity index is 784. The van der Waals surface area contributed by atoms with E-state index in [1.165, 1.54) is 24.0 Å². The van der Waals surface area contributed by atoms with Crippen LogP contribution in [0, 0.1) is 0 Å². The first kappa shape index (κ1) is 18.4. The Labute approximate surface area is 160 Å². The number of fused-ring (bicyclic) bond motifs is 1. The van der Waals surface area contributed by atoms with Crippen LogP contribution >= 0.6 is 11.8 Å². The van der Waals surface area contributed by atoms with Crippen molar-refractivity contribution in [2.75, 3.05) is 17.3 Å². The molecule has 1 unspecified atom stereocenters. The minimum absolute atomic E-state index is 0.115. The van der Waals surface area contributed by atoms with Gasteiger partial charge in [-0.1, -0.05) is 18.9 Å². The van der Waals surface area contributed by atoms with Crippen LogP contribution in [0.5, 0.6) is 0 Å². The topological polar surface area (TPSA) is 54.5 Å². The van der Waals surface area contributed by atoms with Crippen LogP contribution in [0.1, 0.15) is 49.7 Å². The van der Waals surface area contributed by atoms with E-state index in [0.29, 0.717) is 12.2 Å². The maximum atomic E-state index is 13.0. The third kappa shape index (κ3) is 3.96. The maximum Gasteiger partial charge on any atom is 0.233 e. The molecule has 2 fully saturated rings. The van der Waals surface area contributed by atoms with Gasteiger partial charge in [0.2, 0.25) is 5.91 Å². The van der Waals surface area contributed by atoms with Crippen molar-refractivity contribution in [1.29, 1.82) is 0 Å². The molecule has 1 amide bonds. The van der Waals surface area contributed by atoms with Crippen LogP contribution in [0.4, 0.5) is 0 Å². The number of amides is 1. The molecule has 142 valence electrons. The number of benzene rings is 1. The number of thioether (sulfide) groups is 1. The molecule has 4 nitrogen and oxygen atoms in total. The standard InChI is InChI=1S/C20H27NO3S2/c22-20(13-25-19-9-8-15-4-3-5-16(15)12-19)21(17-6-1-2-7-17)18-10-11-26(23,24)14-18/h8-9,12,17-18H,1-7,10-11,13-14H2. The molecule has 1 aromatic carbocycles. The smallest absolute Gasteiger partial charge is 0.233 e. The monoisotopic (exact) mass is 393 g/mol. The first-order valence-corrected chi connectivity index (χ1v) is 12.6. The van der Waals surface area contributed by atoms with E-state index in [1.54, 1.807) is 11.8 Å². The first-order chi connectivity index (χ1) is 12.5. The Morgan fingerprint density at radius 1 is 1.04 bits per heavy atom. The normalized spacial score (nSPS) is 24.7. The van der Waals surface area contributed by atoms with Crippen molar-refractivity contribution in [1.82, 2.24) is 4.90 Å². The first-order valence-electron chi connectivity index (χ1n) is 9.78. The second kappa shape index (κ2) is 7.55. The van der Waals surface area contributed by atoms with Gasteiger partial charge in [-0.15, -0.1) is 11.8 Å². The van der Waals surface area contributed by atoms with E-state index in [2.05, 4.69) is 18.2 Å². The Morgan fingerprint density at radius 2 is 1.81 bits per heavy atom. The molecule has 1 saturated carbocycles. The lowest BCUT2D eigenvalue weighted by Gasteiger charge is -2.34. The second-order valence-corrected chi connectivity index (χ2v) is 11.1. The quantitative estimate of drug-likeness (QED) is 0.721. The Morgan fingerprint density at radius 3 is 2.54 bits per heavy atom. The maximum absolute atomic E-state index is 13.0. The van der Waals surface area contributed by atoms with Gasteiger partial charge in [0.05, 0.1) is 17.3 Å². The second-order valence-electron chi connectivity index (χ2n) is 7.87. The van der Waals surface area contributed by atoms with Gasteiger partial charge in [-0.25, -0.2) is 8.42 Å². The van der Waals surface area contributed by atoms with Crippen LogP contribution in [0.15, 0.2) is 23.1 Å². The van der Waals surface area contributed by atoms with Crippen molar-refractivity contribution < 1.29 is 13.2 Å². The summed E-state index contributed by atoms with van der Waals surface area (Å²) in [5.41, 5.74) is 2.88. The van der Waals surface area contributed by atoms with Crippen LogP contribution in [0.3, 0.4) is 0 Å². The molecular weight excluding hydrogens is 366 g/mol. The molecule has 1 saturated heterocycles. The van der Waals surface area contributed by atoms with Crippen LogP contribution in [-0.2, 0) is 27.5 Å². The molecule has 1 atom stereocenters. The van der Waals surface area contributed by atoms with E-state index in [0.717, 1.165) is 37.0 Å². The molecule has 1 aliphatic heterocycles. The molecule has 1 heterocycles. The molecule has 4 rings (SSSR count). The molecule has 3 aliphatic rings. The Kier molecular flexibility index (Phi) is 5.33. The lowest BCUT2D eigenvalue weighted by atomic mass is 10.1. The van der Waals surface area contributed by atoms with Crippen molar-refractivity contribution in [3.05, 3.63) is 29.3 Å². The van der Waals surface area contributed by atoms with Gasteiger partial charge in [0.1, 0.15) is 0 Å². The summed E-state index contributed by atoms with van der Waals surface area (Å²) < 4.78 is 23.9. The van der Waals surface area contributed by atoms with Crippen LogP contribution in [-0.4, -0.2) is 48.6 Å². The summed E-state index contributed by atoms with van der Waals surface area (Å²) in [6.07, 6.45) is 8.48. The number of hydrogen-bond donors (Lipinski definition) is 0. The SMILES string of the molecule is O=C(CSc1ccc2c(c1)CCC2)N(C1CCCC1)C1CCS(=O)(=O)C1. The fraction of sp³-hybridized carbons (Fsp3) is 0.650. The molecule has 0 N–H and O–H groups in total. The van der Waals surface area contributed by atoms with Crippen molar-refractivity contribution in [3.63, 3.8) is 0 Å². The highest BCUT2D eigenvalue weighted by atomic mass is 32.2. The Balaban J connectivity index is 1.44. The summed E-state index contributed by atoms with van der Waals surface area (Å²) in [4.78, 5) is 16.2. The predicted molar refractivity (Wildman–Crippen MR) is 105 cm³/mol. The van der Waals surface area contributed by atoms with Gasteiger partial charge < -0.3 is 4.90 Å². The number of hydrogen-bond acceptors (Lipinski definition) is 4. The predicted octanol–water partition coefficient (Wildman–Crippen LogP) is 3.23. The molecule has 0 aromatic heterocycles. The zero-order chi connectivity index (χ0) is 18.1. The molecular formula is C20H27NO3S2. The summed E-state index contributed by atoms with van der Waals surface area (Å²) in [6.45, 7) is 0. The van der Waals surface area contributed by atoms with Crippen LogP contribution < -0.4 is 0 Å². The highest BCUT2D eigenvalue weighted by molar-refractivity contribution is 8.00. The lowest BCUT2D eigenvalue weighted by molar-refractivity contribution is -0.132. The van der Waals surface area contributed by atoms with Gasteiger partial charge >= 0.3 is 0 Å². The summed E-state index contributed by atoms with van der Waals surface area (Å²) >= 11 is 1.60. The van der Waals surface area contributed by atoms with E-state index in [1.807, 2.05) is 4.90 Å². The number of sulfone groups is 1. The number of nitrogens with zero attached hydrogens (tertiary/aromatic N) is 1. The molecule has 0 radical (unpaired) electrons. The summed E-state index contributed by atoms with van der Waals surface area (Å²) in [7, 11) is -2.98. The third-order valence-electron chi connectivity index (χ3n) is 6.04. The summed E-state index contributed by atoms with van der Waals surface area (Å²) in [5.74, 6) is 0.904. The van der Waals surface area contributed by atoms with Crippen LogP contribution in [0.25, 0.3) is 0 Å². The van der Waals surface area contributed by atoms with Crippen molar-refractivity contribution in [2.45, 2.75) is 68.3 Å². The molecule has 6 heteroatoms. The molecule has 2 aliphatic carbocycles. The lowest BCUT2D eigenvalue weighted by Crippen LogP contribution is -2.47. The van der Waals surface area contributed by atoms with Gasteiger partial charge in [-0.05, 0) is 61.8 Å². The van der Waals surface area contributed by atoms with Crippen molar-refractivity contribution in [2.24, 2.45) is 0 Å². The van der Waals surface area contributed by atoms with E-state index in [9.17, 15) is 13.2 Å². The van der Waals surface area contributed by atoms with Gasteiger partial charge in [-0.2, -0.15) is 0 Å². The third-order valence-corrected chi connectivity index (χ3v) is 8.77. The van der Waals surface area contributed by atoms with Crippen molar-refractivity contribution >= 4 is 27.5 Å². The van der Waals surface area contributed by atoms with Crippen LogP contribution in [0.2, 0.25) is 0 Å². The molecule has 26 heavy (non-hydrogen) atoms. The molecule has 0 bridgehead atoms. The fourth-order valence-electron chi connectivity index (χ4n) is 4.74. The highest BCUT2D eigenvalue weighted by Gasteiger charge is 2.38. The van der Waals surface area contributed by atoms with E-state index >= 15 is 0 Å². The summed E-state index contributed by atoms with van der Waals surface area (Å²) in [5, 5.41) is 0. The van der Waals surface area contributed by atoms with Gasteiger partial charge in [-0.3, -0.25) is 4.79 Å². The highest BCUT2D eigenvalue weighted by Crippen LogP contribution is 2.31. The molecule has 0 spiro atoms. The largest absolute Gasteiger partial charge is 0.335 e. The van der Waals surface area contributed by atoms with Gasteiger partial charge in [0.25, 0.3) is 0 Å². The summed E-state index contributed by atoms with van der Waals surface area (Å²) in [6, 6.07) is 6.69. The average molecular weight is 394 g/mol. The number of rotatable bonds is 5. The minimum Gasteiger partial charge on any atom is -0.335 e. The number of aryl methyl sites for hydroxylation is 2. The van der Waals surface area contributed by atoms with Gasteiger partial charge in [0.15, 0.2) is 9.84 Å². The number of carbonyl (C=O) groups is 1. The Hall–Kier alpha value is -1.01. The van der Waals surface area contributed by atoms with Crippen molar-refractivity contribution in [3.8, 4) is 0 Å². The van der Waals surface area contributed by atoms with E-state index in [4.69, 9.17) is 0 Å². The number of carbonyl (C=O) groups excluding carboxylic acids is 1. The van der Waals surface area contributed by atoms with Gasteiger partial charge in [0, 0.05) is 17.0 Å². The average Bonchev–Trinajstić information content (AvgIpc) is 3.34. The molecule has 1 aromatic rings.